The summed E-state index contributed by atoms with van der Waals surface area (Å²) in [4.78, 5) is 15.3. The van der Waals surface area contributed by atoms with Crippen LogP contribution in [0.1, 0.15) is 29.9 Å². The van der Waals surface area contributed by atoms with Crippen molar-refractivity contribution in [2.75, 3.05) is 6.61 Å². The summed E-state index contributed by atoms with van der Waals surface area (Å²) in [6.07, 6.45) is 1.48. The highest BCUT2D eigenvalue weighted by atomic mass is 16.5. The first-order valence-corrected chi connectivity index (χ1v) is 4.86. The van der Waals surface area contributed by atoms with Gasteiger partial charge in [-0.05, 0) is 23.6 Å². The van der Waals surface area contributed by atoms with Crippen molar-refractivity contribution in [2.24, 2.45) is 5.92 Å². The van der Waals surface area contributed by atoms with Gasteiger partial charge in [0.05, 0.1) is 13.2 Å². The number of ether oxygens (including phenoxy) is 1. The molecule has 0 aliphatic carbocycles. The highest BCUT2D eigenvalue weighted by molar-refractivity contribution is 5.87. The number of pyridine rings is 1. The van der Waals surface area contributed by atoms with Crippen LogP contribution in [0.25, 0.3) is 0 Å². The van der Waals surface area contributed by atoms with E-state index < -0.39 is 5.97 Å². The van der Waals surface area contributed by atoms with Crippen molar-refractivity contribution in [3.8, 4) is 0 Å². The second kappa shape index (κ2) is 5.46. The third-order valence-corrected chi connectivity index (χ3v) is 1.76. The van der Waals surface area contributed by atoms with Gasteiger partial charge in [-0.1, -0.05) is 13.8 Å². The quantitative estimate of drug-likeness (QED) is 0.761. The van der Waals surface area contributed by atoms with Crippen molar-refractivity contribution in [1.82, 2.24) is 4.98 Å². The van der Waals surface area contributed by atoms with Crippen LogP contribution in [0, 0.1) is 5.92 Å². The van der Waals surface area contributed by atoms with Crippen molar-refractivity contribution < 1.29 is 14.6 Å². The molecule has 0 aliphatic rings. The minimum atomic E-state index is -0.445. The smallest absolute Gasteiger partial charge is 0.356 e. The highest BCUT2D eigenvalue weighted by Crippen LogP contribution is 2.04. The first kappa shape index (κ1) is 11.7. The molecular weight excluding hydrogens is 194 g/mol. The zero-order valence-corrected chi connectivity index (χ0v) is 8.93. The molecule has 0 bridgehead atoms. The summed E-state index contributed by atoms with van der Waals surface area (Å²) in [5, 5.41) is 8.88. The Morgan fingerprint density at radius 2 is 2.33 bits per heavy atom. The van der Waals surface area contributed by atoms with Crippen LogP contribution >= 0.6 is 0 Å². The fraction of sp³-hybridized carbons (Fsp3) is 0.455. The standard InChI is InChI=1S/C11H15NO3/c1-8(2)7-15-11(14)10-5-9(6-13)3-4-12-10/h3-5,8,13H,6-7H2,1-2H3. The first-order chi connectivity index (χ1) is 7.13. The lowest BCUT2D eigenvalue weighted by molar-refractivity contribution is 0.0452. The zero-order chi connectivity index (χ0) is 11.3. The van der Waals surface area contributed by atoms with Crippen LogP contribution < -0.4 is 0 Å². The van der Waals surface area contributed by atoms with E-state index >= 15 is 0 Å². The fourth-order valence-electron chi connectivity index (χ4n) is 1.00. The van der Waals surface area contributed by atoms with Crippen LogP contribution in [-0.4, -0.2) is 22.7 Å². The Balaban J connectivity index is 2.65. The molecule has 0 atom stereocenters. The second-order valence-electron chi connectivity index (χ2n) is 3.70. The maximum Gasteiger partial charge on any atom is 0.356 e. The third kappa shape index (κ3) is 3.67. The summed E-state index contributed by atoms with van der Waals surface area (Å²) in [5.41, 5.74) is 0.892. The molecule has 4 nitrogen and oxygen atoms in total. The van der Waals surface area contributed by atoms with Crippen LogP contribution in [-0.2, 0) is 11.3 Å². The van der Waals surface area contributed by atoms with Gasteiger partial charge < -0.3 is 9.84 Å². The van der Waals surface area contributed by atoms with Crippen LogP contribution in [0.3, 0.4) is 0 Å². The SMILES string of the molecule is CC(C)COC(=O)c1cc(CO)ccn1. The highest BCUT2D eigenvalue weighted by Gasteiger charge is 2.09. The summed E-state index contributed by atoms with van der Waals surface area (Å²) in [6.45, 7) is 4.20. The minimum Gasteiger partial charge on any atom is -0.461 e. The number of rotatable bonds is 4. The number of hydrogen-bond acceptors (Lipinski definition) is 4. The summed E-state index contributed by atoms with van der Waals surface area (Å²) in [5.74, 6) is -0.144. The molecule has 4 heteroatoms. The number of aliphatic hydroxyl groups is 1. The molecule has 0 aromatic carbocycles. The number of nitrogens with zero attached hydrogens (tertiary/aromatic N) is 1. The molecule has 15 heavy (non-hydrogen) atoms. The molecular formula is C11H15NO3. The molecule has 0 aliphatic heterocycles. The Kier molecular flexibility index (Phi) is 4.24. The van der Waals surface area contributed by atoms with Gasteiger partial charge >= 0.3 is 5.97 Å². The number of hydrogen-bond donors (Lipinski definition) is 1. The molecule has 1 aromatic rings. The van der Waals surface area contributed by atoms with E-state index in [0.717, 1.165) is 0 Å². The zero-order valence-electron chi connectivity index (χ0n) is 8.93. The predicted molar refractivity (Wildman–Crippen MR) is 55.3 cm³/mol. The normalized spacial score (nSPS) is 10.4. The molecule has 0 fully saturated rings. The van der Waals surface area contributed by atoms with Crippen LogP contribution in [0.4, 0.5) is 0 Å². The van der Waals surface area contributed by atoms with E-state index in [2.05, 4.69) is 4.98 Å². The molecule has 0 saturated carbocycles. The van der Waals surface area contributed by atoms with Crippen molar-refractivity contribution in [1.29, 1.82) is 0 Å². The van der Waals surface area contributed by atoms with Gasteiger partial charge in [0.1, 0.15) is 5.69 Å². The van der Waals surface area contributed by atoms with Gasteiger partial charge in [0, 0.05) is 6.20 Å². The van der Waals surface area contributed by atoms with Crippen LogP contribution in [0.5, 0.6) is 0 Å². The average molecular weight is 209 g/mol. The molecule has 1 aromatic heterocycles. The third-order valence-electron chi connectivity index (χ3n) is 1.76. The maximum absolute atomic E-state index is 11.5. The van der Waals surface area contributed by atoms with Gasteiger partial charge in [-0.2, -0.15) is 0 Å². The average Bonchev–Trinajstić information content (AvgIpc) is 2.26. The Hall–Kier alpha value is -1.42. The topological polar surface area (TPSA) is 59.4 Å². The summed E-state index contributed by atoms with van der Waals surface area (Å²) in [7, 11) is 0. The van der Waals surface area contributed by atoms with Gasteiger partial charge in [-0.3, -0.25) is 0 Å². The Morgan fingerprint density at radius 3 is 2.93 bits per heavy atom. The van der Waals surface area contributed by atoms with Crippen molar-refractivity contribution >= 4 is 5.97 Å². The fourth-order valence-corrected chi connectivity index (χ4v) is 1.00. The van der Waals surface area contributed by atoms with E-state index in [0.29, 0.717) is 18.1 Å². The largest absolute Gasteiger partial charge is 0.461 e. The van der Waals surface area contributed by atoms with E-state index in [1.54, 1.807) is 6.07 Å². The van der Waals surface area contributed by atoms with Gasteiger partial charge in [-0.25, -0.2) is 9.78 Å². The van der Waals surface area contributed by atoms with E-state index in [9.17, 15) is 4.79 Å². The van der Waals surface area contributed by atoms with Gasteiger partial charge in [-0.15, -0.1) is 0 Å². The van der Waals surface area contributed by atoms with Crippen molar-refractivity contribution in [3.63, 3.8) is 0 Å². The number of carbonyl (C=O) groups excluding carboxylic acids is 1. The van der Waals surface area contributed by atoms with Crippen molar-refractivity contribution in [3.05, 3.63) is 29.6 Å². The lowest BCUT2D eigenvalue weighted by Crippen LogP contribution is -2.11. The molecule has 0 spiro atoms. The molecule has 0 radical (unpaired) electrons. The maximum atomic E-state index is 11.5. The molecule has 0 unspecified atom stereocenters. The Labute approximate surface area is 88.9 Å². The lowest BCUT2D eigenvalue weighted by Gasteiger charge is -2.06. The van der Waals surface area contributed by atoms with Gasteiger partial charge in [0.2, 0.25) is 0 Å². The van der Waals surface area contributed by atoms with Crippen molar-refractivity contribution in [2.45, 2.75) is 20.5 Å². The summed E-state index contributed by atoms with van der Waals surface area (Å²) >= 11 is 0. The van der Waals surface area contributed by atoms with Gasteiger partial charge in [0.15, 0.2) is 0 Å². The predicted octanol–water partition coefficient (Wildman–Crippen LogP) is 1.39. The molecule has 1 N–H and O–H groups in total. The number of aromatic nitrogens is 1. The lowest BCUT2D eigenvalue weighted by atomic mass is 10.2. The first-order valence-electron chi connectivity index (χ1n) is 4.86. The Morgan fingerprint density at radius 1 is 1.60 bits per heavy atom. The number of aliphatic hydroxyl groups excluding tert-OH is 1. The summed E-state index contributed by atoms with van der Waals surface area (Å²) < 4.78 is 5.01. The molecule has 1 heterocycles. The van der Waals surface area contributed by atoms with Gasteiger partial charge in [0.25, 0.3) is 0 Å². The molecule has 0 amide bonds. The Bertz CT molecular complexity index is 336. The second-order valence-corrected chi connectivity index (χ2v) is 3.70. The molecule has 82 valence electrons. The molecule has 1 rings (SSSR count). The van der Waals surface area contributed by atoms with Crippen LogP contribution in [0.15, 0.2) is 18.3 Å². The minimum absolute atomic E-state index is 0.104. The summed E-state index contributed by atoms with van der Waals surface area (Å²) in [6, 6.07) is 3.18. The molecule has 0 saturated heterocycles. The van der Waals surface area contributed by atoms with E-state index in [-0.39, 0.29) is 12.3 Å². The number of esters is 1. The van der Waals surface area contributed by atoms with E-state index in [4.69, 9.17) is 9.84 Å². The van der Waals surface area contributed by atoms with E-state index in [1.165, 1.54) is 12.3 Å². The van der Waals surface area contributed by atoms with Crippen LogP contribution in [0.2, 0.25) is 0 Å². The number of carbonyl (C=O) groups is 1. The van der Waals surface area contributed by atoms with E-state index in [1.807, 2.05) is 13.8 Å². The monoisotopic (exact) mass is 209 g/mol.